The molecule has 172 valence electrons. The number of amides is 2. The van der Waals surface area contributed by atoms with E-state index in [1.165, 1.54) is 0 Å². The van der Waals surface area contributed by atoms with Gasteiger partial charge < -0.3 is 15.6 Å². The van der Waals surface area contributed by atoms with Crippen LogP contribution in [0.4, 0.5) is 11.4 Å². The minimum Gasteiger partial charge on any atom is -0.341 e. The molecule has 1 aliphatic rings. The summed E-state index contributed by atoms with van der Waals surface area (Å²) in [6.45, 7) is 5.90. The Bertz CT molecular complexity index is 1450. The number of benzene rings is 3. The Hall–Kier alpha value is -3.64. The van der Waals surface area contributed by atoms with E-state index in [9.17, 15) is 9.59 Å². The molecule has 1 heterocycles. The highest BCUT2D eigenvalue weighted by Crippen LogP contribution is 2.46. The summed E-state index contributed by atoms with van der Waals surface area (Å²) in [4.78, 5) is 34.5. The van der Waals surface area contributed by atoms with E-state index in [-0.39, 0.29) is 17.2 Å². The van der Waals surface area contributed by atoms with E-state index in [0.717, 1.165) is 29.8 Å². The SMILES string of the molecule is Cc1ccccc1C(=O)Nc1cc(C(=O)Nc2cccc(Cl)c2C)c2nc(C3(C)CC3)[nH]c2c1. The molecule has 34 heavy (non-hydrogen) atoms. The number of aromatic nitrogens is 2. The molecular formula is C27H25ClN4O2. The summed E-state index contributed by atoms with van der Waals surface area (Å²) in [6.07, 6.45) is 2.10. The van der Waals surface area contributed by atoms with Crippen LogP contribution in [-0.4, -0.2) is 21.8 Å². The van der Waals surface area contributed by atoms with Crippen molar-refractivity contribution in [1.29, 1.82) is 0 Å². The second-order valence-corrected chi connectivity index (χ2v) is 9.61. The number of halogens is 1. The minimum atomic E-state index is -0.318. The lowest BCUT2D eigenvalue weighted by molar-refractivity contribution is 0.101. The van der Waals surface area contributed by atoms with Crippen LogP contribution >= 0.6 is 11.6 Å². The maximum Gasteiger partial charge on any atom is 0.258 e. The van der Waals surface area contributed by atoms with Crippen LogP contribution in [0.3, 0.4) is 0 Å². The third kappa shape index (κ3) is 4.05. The van der Waals surface area contributed by atoms with Gasteiger partial charge in [0.15, 0.2) is 0 Å². The van der Waals surface area contributed by atoms with E-state index in [1.807, 2.05) is 38.1 Å². The van der Waals surface area contributed by atoms with Gasteiger partial charge in [0, 0.05) is 27.4 Å². The van der Waals surface area contributed by atoms with Gasteiger partial charge >= 0.3 is 0 Å². The number of nitrogens with one attached hydrogen (secondary N) is 3. The van der Waals surface area contributed by atoms with Crippen LogP contribution in [-0.2, 0) is 5.41 Å². The van der Waals surface area contributed by atoms with Crippen LogP contribution in [0, 0.1) is 13.8 Å². The molecule has 2 amide bonds. The second-order valence-electron chi connectivity index (χ2n) is 9.20. The molecule has 1 fully saturated rings. The van der Waals surface area contributed by atoms with Crippen molar-refractivity contribution in [3.63, 3.8) is 0 Å². The van der Waals surface area contributed by atoms with Gasteiger partial charge in [-0.3, -0.25) is 9.59 Å². The van der Waals surface area contributed by atoms with Crippen LogP contribution in [0.2, 0.25) is 5.02 Å². The van der Waals surface area contributed by atoms with Crippen LogP contribution in [0.25, 0.3) is 11.0 Å². The number of carbonyl (C=O) groups excluding carboxylic acids is 2. The number of nitrogens with zero attached hydrogens (tertiary/aromatic N) is 1. The molecule has 5 rings (SSSR count). The molecule has 0 aliphatic heterocycles. The number of aromatic amines is 1. The number of aryl methyl sites for hydroxylation is 1. The summed E-state index contributed by atoms with van der Waals surface area (Å²) in [5.74, 6) is 0.308. The number of rotatable bonds is 5. The second kappa shape index (κ2) is 8.29. The predicted molar refractivity (Wildman–Crippen MR) is 136 cm³/mol. The largest absolute Gasteiger partial charge is 0.341 e. The molecule has 3 aromatic carbocycles. The molecule has 1 aromatic heterocycles. The maximum atomic E-state index is 13.4. The lowest BCUT2D eigenvalue weighted by Crippen LogP contribution is -2.16. The fraction of sp³-hybridized carbons (Fsp3) is 0.222. The van der Waals surface area contributed by atoms with E-state index in [4.69, 9.17) is 16.6 Å². The zero-order chi connectivity index (χ0) is 24.0. The molecule has 0 unspecified atom stereocenters. The van der Waals surface area contributed by atoms with Gasteiger partial charge in [-0.2, -0.15) is 0 Å². The van der Waals surface area contributed by atoms with Crippen molar-refractivity contribution in [1.82, 2.24) is 9.97 Å². The maximum absolute atomic E-state index is 13.4. The van der Waals surface area contributed by atoms with E-state index in [1.54, 1.807) is 30.3 Å². The number of hydrogen-bond acceptors (Lipinski definition) is 3. The molecule has 7 heteroatoms. The zero-order valence-electron chi connectivity index (χ0n) is 19.3. The fourth-order valence-electron chi connectivity index (χ4n) is 4.03. The van der Waals surface area contributed by atoms with Crippen molar-refractivity contribution in [3.8, 4) is 0 Å². The van der Waals surface area contributed by atoms with Gasteiger partial charge in [-0.25, -0.2) is 4.98 Å². The van der Waals surface area contributed by atoms with Gasteiger partial charge in [0.1, 0.15) is 11.3 Å². The number of hydrogen-bond donors (Lipinski definition) is 3. The summed E-state index contributed by atoms with van der Waals surface area (Å²) in [7, 11) is 0. The lowest BCUT2D eigenvalue weighted by Gasteiger charge is -2.12. The van der Waals surface area contributed by atoms with E-state index in [2.05, 4.69) is 22.5 Å². The van der Waals surface area contributed by atoms with Crippen LogP contribution < -0.4 is 10.6 Å². The highest BCUT2D eigenvalue weighted by molar-refractivity contribution is 6.31. The summed E-state index contributed by atoms with van der Waals surface area (Å²) < 4.78 is 0. The van der Waals surface area contributed by atoms with Gasteiger partial charge in [-0.15, -0.1) is 0 Å². The smallest absolute Gasteiger partial charge is 0.258 e. The average molecular weight is 473 g/mol. The Kier molecular flexibility index (Phi) is 5.41. The average Bonchev–Trinajstić information content (AvgIpc) is 3.40. The molecule has 3 N–H and O–H groups in total. The summed E-state index contributed by atoms with van der Waals surface area (Å²) >= 11 is 6.24. The van der Waals surface area contributed by atoms with E-state index < -0.39 is 0 Å². The fourth-order valence-corrected chi connectivity index (χ4v) is 4.21. The van der Waals surface area contributed by atoms with Crippen LogP contribution in [0.5, 0.6) is 0 Å². The van der Waals surface area contributed by atoms with Crippen LogP contribution in [0.15, 0.2) is 54.6 Å². The monoisotopic (exact) mass is 472 g/mol. The number of imidazole rings is 1. The quantitative estimate of drug-likeness (QED) is 0.314. The highest BCUT2D eigenvalue weighted by Gasteiger charge is 2.42. The lowest BCUT2D eigenvalue weighted by atomic mass is 10.1. The van der Waals surface area contributed by atoms with Crippen molar-refractivity contribution >= 4 is 45.8 Å². The Morgan fingerprint density at radius 1 is 0.971 bits per heavy atom. The normalized spacial score (nSPS) is 14.1. The van der Waals surface area contributed by atoms with E-state index >= 15 is 0 Å². The van der Waals surface area contributed by atoms with Crippen molar-refractivity contribution < 1.29 is 9.59 Å². The highest BCUT2D eigenvalue weighted by atomic mass is 35.5. The summed E-state index contributed by atoms with van der Waals surface area (Å²) in [5, 5.41) is 6.48. The molecule has 0 spiro atoms. The predicted octanol–water partition coefficient (Wildman–Crippen LogP) is 6.39. The first-order chi connectivity index (χ1) is 16.2. The number of H-pyrrole nitrogens is 1. The van der Waals surface area contributed by atoms with Crippen LogP contribution in [0.1, 0.15) is 57.4 Å². The number of carbonyl (C=O) groups is 2. The first kappa shape index (κ1) is 22.2. The first-order valence-electron chi connectivity index (χ1n) is 11.2. The van der Waals surface area contributed by atoms with E-state index in [0.29, 0.717) is 38.6 Å². The van der Waals surface area contributed by atoms with Gasteiger partial charge in [-0.1, -0.05) is 42.8 Å². The van der Waals surface area contributed by atoms with Gasteiger partial charge in [-0.05, 0) is 68.1 Å². The number of fused-ring (bicyclic) bond motifs is 1. The molecule has 0 atom stereocenters. The van der Waals surface area contributed by atoms with Gasteiger partial charge in [0.2, 0.25) is 0 Å². The molecule has 1 saturated carbocycles. The third-order valence-corrected chi connectivity index (χ3v) is 6.98. The summed E-state index contributed by atoms with van der Waals surface area (Å²) in [6, 6.07) is 16.3. The Morgan fingerprint density at radius 3 is 2.44 bits per heavy atom. The van der Waals surface area contributed by atoms with Crippen molar-refractivity contribution in [3.05, 3.63) is 87.7 Å². The first-order valence-corrected chi connectivity index (χ1v) is 11.6. The molecule has 0 saturated heterocycles. The molecule has 6 nitrogen and oxygen atoms in total. The Labute approximate surface area is 202 Å². The zero-order valence-corrected chi connectivity index (χ0v) is 20.0. The molecule has 1 aliphatic carbocycles. The van der Waals surface area contributed by atoms with Crippen molar-refractivity contribution in [2.75, 3.05) is 10.6 Å². The topological polar surface area (TPSA) is 86.9 Å². The minimum absolute atomic E-state index is 0.000865. The Morgan fingerprint density at radius 2 is 1.71 bits per heavy atom. The molecule has 0 radical (unpaired) electrons. The molecular weight excluding hydrogens is 448 g/mol. The Balaban J connectivity index is 1.55. The van der Waals surface area contributed by atoms with Crippen molar-refractivity contribution in [2.45, 2.75) is 39.0 Å². The molecule has 0 bridgehead atoms. The number of anilines is 2. The third-order valence-electron chi connectivity index (χ3n) is 6.57. The molecule has 4 aromatic rings. The summed E-state index contributed by atoms with van der Waals surface area (Å²) in [5.41, 5.74) is 5.05. The van der Waals surface area contributed by atoms with Crippen molar-refractivity contribution in [2.24, 2.45) is 0 Å². The van der Waals surface area contributed by atoms with Gasteiger partial charge in [0.05, 0.1) is 11.1 Å². The van der Waals surface area contributed by atoms with Gasteiger partial charge in [0.25, 0.3) is 11.8 Å². The standard InChI is InChI=1S/C27H25ClN4O2/c1-15-7-4-5-8-18(15)24(33)29-17-13-19(25(34)30-21-10-6-9-20(28)16(21)2)23-22(14-17)31-26(32-23)27(3)11-12-27/h4-10,13-14H,11-12H2,1-3H3,(H,29,33)(H,30,34)(H,31,32).